The van der Waals surface area contributed by atoms with Gasteiger partial charge in [-0.1, -0.05) is 65.5 Å². The molecule has 6 nitrogen and oxygen atoms in total. The van der Waals surface area contributed by atoms with Gasteiger partial charge in [0.1, 0.15) is 6.04 Å². The quantitative estimate of drug-likeness (QED) is 0.565. The number of anilines is 1. The molecule has 0 spiro atoms. The average molecular weight is 443 g/mol. The van der Waals surface area contributed by atoms with Crippen LogP contribution in [-0.4, -0.2) is 26.9 Å². The normalized spacial score (nSPS) is 12.3. The summed E-state index contributed by atoms with van der Waals surface area (Å²) in [5.74, 6) is -0.750. The van der Waals surface area contributed by atoms with Gasteiger partial charge in [0.2, 0.25) is 5.91 Å². The van der Waals surface area contributed by atoms with Crippen LogP contribution in [0, 0.1) is 0 Å². The lowest BCUT2D eigenvalue weighted by Gasteiger charge is -2.34. The zero-order chi connectivity index (χ0) is 21.7. The third-order valence-corrected chi connectivity index (χ3v) is 5.70. The minimum absolute atomic E-state index is 0.156. The molecule has 1 N–H and O–H groups in total. The van der Waals surface area contributed by atoms with Gasteiger partial charge in [-0.25, -0.2) is 0 Å². The Hall–Kier alpha value is -2.77. The molecule has 1 unspecified atom stereocenters. The van der Waals surface area contributed by atoms with E-state index >= 15 is 0 Å². The molecule has 8 heteroatoms. The van der Waals surface area contributed by atoms with Crippen molar-refractivity contribution in [3.8, 4) is 0 Å². The van der Waals surface area contributed by atoms with Crippen LogP contribution in [0.25, 0.3) is 0 Å². The summed E-state index contributed by atoms with van der Waals surface area (Å²) in [6.07, 6.45) is 0.732. The van der Waals surface area contributed by atoms with E-state index in [1.54, 1.807) is 29.6 Å². The molecule has 0 fully saturated rings. The molecular weight excluding hydrogens is 420 g/mol. The number of hydrogen-bond acceptors (Lipinski definition) is 5. The number of aromatic nitrogens is 2. The Kier molecular flexibility index (Phi) is 6.84. The summed E-state index contributed by atoms with van der Waals surface area (Å²) >= 11 is 7.53. The molecule has 30 heavy (non-hydrogen) atoms. The molecule has 1 atom stereocenters. The van der Waals surface area contributed by atoms with Crippen molar-refractivity contribution in [3.05, 3.63) is 76.3 Å². The van der Waals surface area contributed by atoms with E-state index in [9.17, 15) is 9.59 Å². The standard InChI is InChI=1S/C22H23ClN4O2S/c1-4-22(2,3)24-20(28)19(15-10-6-5-7-11-15)27(18-13-9-8-12-16(18)23)21(29)17-14-30-26-25-17/h5-14,19H,4H2,1-3H3,(H,24,28). The topological polar surface area (TPSA) is 75.2 Å². The summed E-state index contributed by atoms with van der Waals surface area (Å²) in [6.45, 7) is 5.88. The molecule has 2 amide bonds. The van der Waals surface area contributed by atoms with Crippen LogP contribution in [0.4, 0.5) is 5.69 Å². The molecule has 0 aliphatic heterocycles. The van der Waals surface area contributed by atoms with Gasteiger partial charge in [0.05, 0.1) is 10.7 Å². The number of para-hydroxylation sites is 1. The van der Waals surface area contributed by atoms with Gasteiger partial charge in [-0.2, -0.15) is 0 Å². The Labute approximate surface area is 185 Å². The van der Waals surface area contributed by atoms with Gasteiger partial charge >= 0.3 is 0 Å². The predicted octanol–water partition coefficient (Wildman–Crippen LogP) is 4.88. The number of benzene rings is 2. The summed E-state index contributed by atoms with van der Waals surface area (Å²) in [5.41, 5.74) is 0.804. The molecule has 0 aliphatic rings. The summed E-state index contributed by atoms with van der Waals surface area (Å²) in [4.78, 5) is 28.4. The average Bonchev–Trinajstić information content (AvgIpc) is 3.27. The smallest absolute Gasteiger partial charge is 0.280 e. The fourth-order valence-electron chi connectivity index (χ4n) is 2.94. The summed E-state index contributed by atoms with van der Waals surface area (Å²) in [6, 6.07) is 15.2. The number of carbonyl (C=O) groups is 2. The number of nitrogens with zero attached hydrogens (tertiary/aromatic N) is 3. The highest BCUT2D eigenvalue weighted by atomic mass is 35.5. The first-order valence-electron chi connectivity index (χ1n) is 9.56. The number of hydrogen-bond donors (Lipinski definition) is 1. The van der Waals surface area contributed by atoms with Crippen LogP contribution in [0.1, 0.15) is 49.3 Å². The van der Waals surface area contributed by atoms with Gasteiger partial charge in [-0.3, -0.25) is 14.5 Å². The molecule has 1 aromatic heterocycles. The van der Waals surface area contributed by atoms with Crippen molar-refractivity contribution in [3.63, 3.8) is 0 Å². The number of amides is 2. The van der Waals surface area contributed by atoms with Crippen LogP contribution >= 0.6 is 23.1 Å². The Morgan fingerprint density at radius 1 is 1.13 bits per heavy atom. The van der Waals surface area contributed by atoms with Gasteiger partial charge < -0.3 is 5.32 Å². The van der Waals surface area contributed by atoms with E-state index in [1.165, 1.54) is 4.90 Å². The fourth-order valence-corrected chi connectivity index (χ4v) is 3.59. The number of rotatable bonds is 7. The molecule has 0 bridgehead atoms. The summed E-state index contributed by atoms with van der Waals surface area (Å²) in [5, 5.41) is 8.90. The third-order valence-electron chi connectivity index (χ3n) is 4.88. The van der Waals surface area contributed by atoms with Crippen LogP contribution in [0.3, 0.4) is 0 Å². The maximum Gasteiger partial charge on any atom is 0.280 e. The number of carbonyl (C=O) groups excluding carboxylic acids is 2. The summed E-state index contributed by atoms with van der Waals surface area (Å²) < 4.78 is 3.80. The Morgan fingerprint density at radius 3 is 2.40 bits per heavy atom. The Bertz CT molecular complexity index is 1010. The molecule has 0 saturated heterocycles. The molecule has 0 radical (unpaired) electrons. The van der Waals surface area contributed by atoms with E-state index in [4.69, 9.17) is 11.6 Å². The molecule has 1 heterocycles. The van der Waals surface area contributed by atoms with E-state index in [0.29, 0.717) is 16.3 Å². The third kappa shape index (κ3) is 4.86. The molecule has 3 aromatic rings. The van der Waals surface area contributed by atoms with Crippen LogP contribution in [0.5, 0.6) is 0 Å². The maximum absolute atomic E-state index is 13.5. The monoisotopic (exact) mass is 442 g/mol. The van der Waals surface area contributed by atoms with Gasteiger partial charge in [0.25, 0.3) is 5.91 Å². The minimum atomic E-state index is -0.939. The van der Waals surface area contributed by atoms with Crippen LogP contribution in [-0.2, 0) is 4.79 Å². The highest BCUT2D eigenvalue weighted by Gasteiger charge is 2.36. The van der Waals surface area contributed by atoms with Crippen molar-refractivity contribution in [2.75, 3.05) is 4.90 Å². The van der Waals surface area contributed by atoms with E-state index in [-0.39, 0.29) is 11.6 Å². The second kappa shape index (κ2) is 9.36. The first-order valence-corrected chi connectivity index (χ1v) is 10.8. The Morgan fingerprint density at radius 2 is 1.80 bits per heavy atom. The van der Waals surface area contributed by atoms with Gasteiger partial charge in [-0.15, -0.1) is 5.10 Å². The van der Waals surface area contributed by atoms with Gasteiger partial charge in [0, 0.05) is 10.9 Å². The second-order valence-electron chi connectivity index (χ2n) is 7.46. The largest absolute Gasteiger partial charge is 0.349 e. The number of nitrogens with one attached hydrogen (secondary N) is 1. The van der Waals surface area contributed by atoms with Crippen molar-refractivity contribution in [1.82, 2.24) is 14.9 Å². The lowest BCUT2D eigenvalue weighted by atomic mass is 9.98. The highest BCUT2D eigenvalue weighted by molar-refractivity contribution is 7.03. The Balaban J connectivity index is 2.17. The van der Waals surface area contributed by atoms with Crippen molar-refractivity contribution < 1.29 is 9.59 Å². The maximum atomic E-state index is 13.5. The molecule has 2 aromatic carbocycles. The lowest BCUT2D eigenvalue weighted by Crippen LogP contribution is -2.50. The second-order valence-corrected chi connectivity index (χ2v) is 8.47. The molecule has 156 valence electrons. The van der Waals surface area contributed by atoms with Crippen LogP contribution in [0.2, 0.25) is 5.02 Å². The van der Waals surface area contributed by atoms with Crippen LogP contribution in [0.15, 0.2) is 60.0 Å². The minimum Gasteiger partial charge on any atom is -0.349 e. The van der Waals surface area contributed by atoms with Gasteiger partial charge in [-0.05, 0) is 49.5 Å². The zero-order valence-electron chi connectivity index (χ0n) is 17.0. The van der Waals surface area contributed by atoms with E-state index in [1.807, 2.05) is 51.1 Å². The molecule has 3 rings (SSSR count). The number of halogens is 1. The zero-order valence-corrected chi connectivity index (χ0v) is 18.6. The van der Waals surface area contributed by atoms with Crippen molar-refractivity contribution in [1.29, 1.82) is 0 Å². The van der Waals surface area contributed by atoms with E-state index in [0.717, 1.165) is 18.0 Å². The predicted molar refractivity (Wildman–Crippen MR) is 120 cm³/mol. The molecular formula is C22H23ClN4O2S. The molecule has 0 aliphatic carbocycles. The lowest BCUT2D eigenvalue weighted by molar-refractivity contribution is -0.124. The van der Waals surface area contributed by atoms with Gasteiger partial charge in [0.15, 0.2) is 5.69 Å². The van der Waals surface area contributed by atoms with Crippen molar-refractivity contribution >= 4 is 40.6 Å². The van der Waals surface area contributed by atoms with Crippen molar-refractivity contribution in [2.45, 2.75) is 38.8 Å². The van der Waals surface area contributed by atoms with E-state index < -0.39 is 17.5 Å². The SMILES string of the molecule is CCC(C)(C)NC(=O)C(c1ccccc1)N(C(=O)c1csnn1)c1ccccc1Cl. The molecule has 0 saturated carbocycles. The summed E-state index contributed by atoms with van der Waals surface area (Å²) in [7, 11) is 0. The first-order chi connectivity index (χ1) is 14.3. The van der Waals surface area contributed by atoms with Crippen molar-refractivity contribution in [2.24, 2.45) is 0 Å². The van der Waals surface area contributed by atoms with E-state index in [2.05, 4.69) is 14.9 Å². The fraction of sp³-hybridized carbons (Fsp3) is 0.273. The first kappa shape index (κ1) is 21.9. The van der Waals surface area contributed by atoms with Crippen LogP contribution < -0.4 is 10.2 Å². The highest BCUT2D eigenvalue weighted by Crippen LogP contribution is 2.34.